The summed E-state index contributed by atoms with van der Waals surface area (Å²) in [5, 5.41) is 22.2. The molecule has 1 aromatic carbocycles. The van der Waals surface area contributed by atoms with Gasteiger partial charge in [0.05, 0.1) is 23.5 Å². The molecule has 3 rings (SSSR count). The van der Waals surface area contributed by atoms with Gasteiger partial charge in [-0.25, -0.2) is 4.79 Å². The minimum absolute atomic E-state index is 0.111. The van der Waals surface area contributed by atoms with E-state index in [0.29, 0.717) is 12.2 Å². The van der Waals surface area contributed by atoms with Crippen molar-refractivity contribution in [2.45, 2.75) is 39.3 Å². The van der Waals surface area contributed by atoms with E-state index < -0.39 is 6.09 Å². The molecule has 2 amide bonds. The molecule has 0 bridgehead atoms. The van der Waals surface area contributed by atoms with Gasteiger partial charge < -0.3 is 25.3 Å². The molecule has 2 heterocycles. The van der Waals surface area contributed by atoms with E-state index in [1.165, 1.54) is 4.90 Å². The normalized spacial score (nSPS) is 23.9. The highest BCUT2D eigenvalue weighted by atomic mass is 16.4. The zero-order valence-corrected chi connectivity index (χ0v) is 14.1. The van der Waals surface area contributed by atoms with Crippen LogP contribution in [-0.4, -0.2) is 52.3 Å². The lowest BCUT2D eigenvalue weighted by Crippen LogP contribution is -2.63. The maximum absolute atomic E-state index is 12.3. The van der Waals surface area contributed by atoms with Crippen LogP contribution in [0.5, 0.6) is 5.75 Å². The Labute approximate surface area is 140 Å². The Balaban J connectivity index is 2.12. The van der Waals surface area contributed by atoms with Crippen molar-refractivity contribution in [1.82, 2.24) is 4.90 Å². The van der Waals surface area contributed by atoms with Crippen LogP contribution in [0.25, 0.3) is 0 Å². The van der Waals surface area contributed by atoms with Crippen LogP contribution in [0, 0.1) is 5.41 Å². The number of phenols is 1. The molecule has 1 aromatic rings. The average molecular weight is 333 g/mol. The van der Waals surface area contributed by atoms with E-state index >= 15 is 0 Å². The summed E-state index contributed by atoms with van der Waals surface area (Å²) < 4.78 is 0. The van der Waals surface area contributed by atoms with Crippen LogP contribution in [0.3, 0.4) is 0 Å². The van der Waals surface area contributed by atoms with E-state index in [-0.39, 0.29) is 42.1 Å². The highest BCUT2D eigenvalue weighted by Crippen LogP contribution is 2.41. The van der Waals surface area contributed by atoms with Crippen molar-refractivity contribution in [2.24, 2.45) is 5.41 Å². The quantitative estimate of drug-likeness (QED) is 0.634. The van der Waals surface area contributed by atoms with Gasteiger partial charge in [-0.3, -0.25) is 4.79 Å². The summed E-state index contributed by atoms with van der Waals surface area (Å²) in [4.78, 5) is 27.3. The first-order valence-corrected chi connectivity index (χ1v) is 8.06. The average Bonchev–Trinajstić information content (AvgIpc) is 2.60. The molecule has 0 saturated carbocycles. The Bertz CT molecular complexity index is 683. The van der Waals surface area contributed by atoms with E-state index in [1.54, 1.807) is 18.2 Å². The predicted molar refractivity (Wildman–Crippen MR) is 90.5 cm³/mol. The molecule has 0 radical (unpaired) electrons. The number of piperazine rings is 1. The van der Waals surface area contributed by atoms with Gasteiger partial charge in [0.1, 0.15) is 5.75 Å². The molecule has 2 aliphatic heterocycles. The van der Waals surface area contributed by atoms with E-state index in [1.807, 2.05) is 0 Å². The number of nitrogens with zero attached hydrogens (tertiary/aromatic N) is 2. The summed E-state index contributed by atoms with van der Waals surface area (Å²) in [6, 6.07) is 4.50. The number of amides is 2. The van der Waals surface area contributed by atoms with Crippen molar-refractivity contribution in [1.29, 1.82) is 0 Å². The second kappa shape index (κ2) is 5.58. The molecule has 3 N–H and O–H groups in total. The smallest absolute Gasteiger partial charge is 0.407 e. The van der Waals surface area contributed by atoms with Crippen molar-refractivity contribution in [2.75, 3.05) is 23.3 Å². The van der Waals surface area contributed by atoms with Crippen LogP contribution in [0.1, 0.15) is 27.2 Å². The van der Waals surface area contributed by atoms with Crippen LogP contribution >= 0.6 is 0 Å². The third kappa shape index (κ3) is 2.86. The summed E-state index contributed by atoms with van der Waals surface area (Å²) in [7, 11) is 0. The Hall–Kier alpha value is -2.44. The molecule has 130 valence electrons. The van der Waals surface area contributed by atoms with Crippen molar-refractivity contribution >= 4 is 23.4 Å². The molecule has 2 atom stereocenters. The van der Waals surface area contributed by atoms with E-state index in [9.17, 15) is 19.8 Å². The monoisotopic (exact) mass is 333 g/mol. The molecular formula is C17H23N3O4. The molecule has 0 aliphatic carbocycles. The van der Waals surface area contributed by atoms with Crippen LogP contribution in [0.15, 0.2) is 18.2 Å². The molecule has 1 fully saturated rings. The van der Waals surface area contributed by atoms with Gasteiger partial charge in [0.25, 0.3) is 0 Å². The third-order valence-corrected chi connectivity index (χ3v) is 4.78. The lowest BCUT2D eigenvalue weighted by molar-refractivity contribution is -0.116. The van der Waals surface area contributed by atoms with Crippen molar-refractivity contribution in [3.05, 3.63) is 18.2 Å². The first-order valence-electron chi connectivity index (χ1n) is 8.06. The zero-order chi connectivity index (χ0) is 17.6. The first kappa shape index (κ1) is 16.4. The first-order chi connectivity index (χ1) is 11.2. The van der Waals surface area contributed by atoms with Gasteiger partial charge in [-0.1, -0.05) is 20.8 Å². The molecule has 0 spiro atoms. The van der Waals surface area contributed by atoms with Crippen LogP contribution < -0.4 is 10.2 Å². The molecule has 1 saturated heterocycles. The van der Waals surface area contributed by atoms with Gasteiger partial charge in [-0.2, -0.15) is 0 Å². The number of rotatable bonds is 0. The van der Waals surface area contributed by atoms with Gasteiger partial charge in [-0.05, 0) is 17.5 Å². The van der Waals surface area contributed by atoms with Gasteiger partial charge in [0.2, 0.25) is 5.91 Å². The van der Waals surface area contributed by atoms with Crippen molar-refractivity contribution in [3.63, 3.8) is 0 Å². The fourth-order valence-electron chi connectivity index (χ4n) is 3.60. The maximum Gasteiger partial charge on any atom is 0.407 e. The van der Waals surface area contributed by atoms with Crippen molar-refractivity contribution < 1.29 is 19.8 Å². The highest BCUT2D eigenvalue weighted by Gasteiger charge is 2.44. The minimum atomic E-state index is -0.968. The Morgan fingerprint density at radius 1 is 1.29 bits per heavy atom. The molecule has 2 aliphatic rings. The lowest BCUT2D eigenvalue weighted by atomic mass is 9.82. The number of carbonyl (C=O) groups is 2. The van der Waals surface area contributed by atoms with Crippen LogP contribution in [-0.2, 0) is 4.79 Å². The molecular weight excluding hydrogens is 310 g/mol. The fraction of sp³-hybridized carbons (Fsp3) is 0.529. The highest BCUT2D eigenvalue weighted by molar-refractivity contribution is 5.97. The number of fused-ring (bicyclic) bond motifs is 3. The topological polar surface area (TPSA) is 93.1 Å². The SMILES string of the molecule is CC(C)(C)C1CN(C(=O)O)C[C@@H]2CC(=O)Nc3ccc(O)cc3N12. The van der Waals surface area contributed by atoms with E-state index in [2.05, 4.69) is 31.0 Å². The number of nitrogens with one attached hydrogen (secondary N) is 1. The maximum atomic E-state index is 12.3. The molecule has 0 aromatic heterocycles. The number of carboxylic acid groups (broad SMARTS) is 1. The Morgan fingerprint density at radius 3 is 2.62 bits per heavy atom. The molecule has 7 nitrogen and oxygen atoms in total. The fourth-order valence-corrected chi connectivity index (χ4v) is 3.60. The van der Waals surface area contributed by atoms with Crippen LogP contribution in [0.2, 0.25) is 0 Å². The standard InChI is InChI=1S/C17H23N3O4/c1-17(2,3)14-9-19(16(23)24)8-10-6-15(22)18-12-5-4-11(21)7-13(12)20(10)14/h4-5,7,10,14,21H,6,8-9H2,1-3H3,(H,18,22)(H,23,24)/t10-,14?/m0/s1. The third-order valence-electron chi connectivity index (χ3n) is 4.78. The van der Waals surface area contributed by atoms with Gasteiger partial charge in [0, 0.05) is 25.6 Å². The summed E-state index contributed by atoms with van der Waals surface area (Å²) >= 11 is 0. The number of hydrogen-bond donors (Lipinski definition) is 3. The summed E-state index contributed by atoms with van der Waals surface area (Å²) in [5.74, 6) is -0.0219. The van der Waals surface area contributed by atoms with Crippen LogP contribution in [0.4, 0.5) is 16.2 Å². The number of hydrogen-bond acceptors (Lipinski definition) is 4. The second-order valence-electron chi connectivity index (χ2n) is 7.58. The Kier molecular flexibility index (Phi) is 3.81. The largest absolute Gasteiger partial charge is 0.508 e. The minimum Gasteiger partial charge on any atom is -0.508 e. The van der Waals surface area contributed by atoms with Gasteiger partial charge in [-0.15, -0.1) is 0 Å². The van der Waals surface area contributed by atoms with Gasteiger partial charge in [0.15, 0.2) is 0 Å². The van der Waals surface area contributed by atoms with E-state index in [0.717, 1.165) is 5.69 Å². The molecule has 1 unspecified atom stereocenters. The molecule has 7 heteroatoms. The van der Waals surface area contributed by atoms with E-state index in [4.69, 9.17) is 0 Å². The van der Waals surface area contributed by atoms with Gasteiger partial charge >= 0.3 is 6.09 Å². The number of phenolic OH excluding ortho intramolecular Hbond substituents is 1. The summed E-state index contributed by atoms with van der Waals surface area (Å²) in [6.45, 7) is 6.80. The second-order valence-corrected chi connectivity index (χ2v) is 7.58. The number of benzene rings is 1. The number of carbonyl (C=O) groups excluding carboxylic acids is 1. The lowest BCUT2D eigenvalue weighted by Gasteiger charge is -2.51. The van der Waals surface area contributed by atoms with Crippen molar-refractivity contribution in [3.8, 4) is 5.75 Å². The number of aromatic hydroxyl groups is 1. The zero-order valence-electron chi connectivity index (χ0n) is 14.1. The summed E-state index contributed by atoms with van der Waals surface area (Å²) in [5.41, 5.74) is 1.19. The Morgan fingerprint density at radius 2 is 2.00 bits per heavy atom. The predicted octanol–water partition coefficient (Wildman–Crippen LogP) is 2.32. The number of anilines is 2. The molecule has 24 heavy (non-hydrogen) atoms. The summed E-state index contributed by atoms with van der Waals surface area (Å²) in [6.07, 6.45) is -0.754.